The second kappa shape index (κ2) is 15.0. The Morgan fingerprint density at radius 2 is 0.935 bits per heavy atom. The number of aryl methyl sites for hydroxylation is 2. The molecule has 0 amide bonds. The van der Waals surface area contributed by atoms with Gasteiger partial charge in [0, 0.05) is 32.6 Å². The Balaban J connectivity index is 1.15. The molecule has 0 unspecified atom stereocenters. The van der Waals surface area contributed by atoms with Crippen LogP contribution in [0.1, 0.15) is 16.7 Å². The normalized spacial score (nSPS) is 11.9. The third kappa shape index (κ3) is 5.95. The fraction of sp³-hybridized carbons (Fsp3) is 0.0333. The van der Waals surface area contributed by atoms with Crippen molar-refractivity contribution in [2.24, 2.45) is 0 Å². The van der Waals surface area contributed by atoms with Crippen LogP contribution < -0.4 is 0 Å². The van der Waals surface area contributed by atoms with E-state index in [2.05, 4.69) is 224 Å². The van der Waals surface area contributed by atoms with Crippen LogP contribution in [0.4, 0.5) is 0 Å². The number of hydrogen-bond donors (Lipinski definition) is 0. The predicted molar refractivity (Wildman–Crippen MR) is 267 cm³/mol. The highest BCUT2D eigenvalue weighted by Gasteiger charge is 2.19. The van der Waals surface area contributed by atoms with Gasteiger partial charge in [-0.15, -0.1) is 0 Å². The largest absolute Gasteiger partial charge is 0.309 e. The number of rotatable bonds is 8. The van der Waals surface area contributed by atoms with Gasteiger partial charge in [-0.3, -0.25) is 0 Å². The predicted octanol–water partition coefficient (Wildman–Crippen LogP) is 16.4. The van der Waals surface area contributed by atoms with E-state index in [1.54, 1.807) is 0 Å². The van der Waals surface area contributed by atoms with Crippen molar-refractivity contribution in [3.8, 4) is 44.8 Å². The minimum Gasteiger partial charge on any atom is -0.309 e. The van der Waals surface area contributed by atoms with Crippen LogP contribution in [0.3, 0.4) is 0 Å². The van der Waals surface area contributed by atoms with Gasteiger partial charge in [0.05, 0.1) is 27.8 Å². The van der Waals surface area contributed by atoms with Crippen molar-refractivity contribution in [2.45, 2.75) is 13.8 Å². The third-order valence-electron chi connectivity index (χ3n) is 12.7. The van der Waals surface area contributed by atoms with Crippen molar-refractivity contribution < 1.29 is 0 Å². The van der Waals surface area contributed by atoms with Gasteiger partial charge in [-0.2, -0.15) is 0 Å². The van der Waals surface area contributed by atoms with Crippen molar-refractivity contribution in [3.05, 3.63) is 236 Å². The van der Waals surface area contributed by atoms with Crippen LogP contribution in [-0.2, 0) is 0 Å². The Kier molecular flexibility index (Phi) is 8.95. The zero-order valence-electron chi connectivity index (χ0n) is 34.9. The lowest BCUT2D eigenvalue weighted by molar-refractivity contribution is 1.18. The van der Waals surface area contributed by atoms with Crippen LogP contribution in [0.2, 0.25) is 0 Å². The molecule has 9 aromatic carbocycles. The number of fused-ring (bicyclic) bond motifs is 7. The number of nitrogens with zero attached hydrogens (tertiary/aromatic N) is 2. The molecule has 2 heteroatoms. The zero-order valence-corrected chi connectivity index (χ0v) is 34.9. The minimum atomic E-state index is 1.05. The Morgan fingerprint density at radius 3 is 1.60 bits per heavy atom. The highest BCUT2D eigenvalue weighted by atomic mass is 15.0. The molecule has 0 fully saturated rings. The third-order valence-corrected chi connectivity index (χ3v) is 12.7. The summed E-state index contributed by atoms with van der Waals surface area (Å²) < 4.78 is 4.88. The van der Waals surface area contributed by atoms with Gasteiger partial charge in [-0.25, -0.2) is 0 Å². The monoisotopic (exact) mass is 792 g/mol. The molecule has 0 radical (unpaired) electrons. The van der Waals surface area contributed by atoms with E-state index < -0.39 is 0 Å². The van der Waals surface area contributed by atoms with Crippen LogP contribution >= 0.6 is 0 Å². The first-order valence-corrected chi connectivity index (χ1v) is 21.3. The summed E-state index contributed by atoms with van der Waals surface area (Å²) in [6.45, 7) is 12.5. The fourth-order valence-electron chi connectivity index (χ4n) is 9.78. The van der Waals surface area contributed by atoms with Crippen molar-refractivity contribution in [1.29, 1.82) is 0 Å². The SMILES string of the molecule is C=C/C=C(\C=C)c1ccc(-n2c3ccccc3c3cc(-c4cc(-c5ccc(C)c(-c6ccccc6C)c5)cc(-n5c6ccccc6c6ccccc65)c4)ccc32)c2ccccc12. The second-order valence-corrected chi connectivity index (χ2v) is 16.3. The average Bonchev–Trinajstić information content (AvgIpc) is 3.83. The maximum atomic E-state index is 4.12. The summed E-state index contributed by atoms with van der Waals surface area (Å²) in [7, 11) is 0. The summed E-state index contributed by atoms with van der Waals surface area (Å²) in [5.41, 5.74) is 18.9. The molecule has 11 aromatic rings. The second-order valence-electron chi connectivity index (χ2n) is 16.3. The lowest BCUT2D eigenvalue weighted by Crippen LogP contribution is -1.97. The molecule has 0 aliphatic carbocycles. The first-order chi connectivity index (χ1) is 30.5. The molecule has 0 saturated heterocycles. The van der Waals surface area contributed by atoms with E-state index in [-0.39, 0.29) is 0 Å². The van der Waals surface area contributed by atoms with E-state index in [1.807, 2.05) is 18.2 Å². The summed E-state index contributed by atoms with van der Waals surface area (Å²) in [4.78, 5) is 0. The molecule has 2 aromatic heterocycles. The average molecular weight is 793 g/mol. The quantitative estimate of drug-likeness (QED) is 0.136. The molecule has 0 spiro atoms. The van der Waals surface area contributed by atoms with E-state index in [1.165, 1.54) is 93.3 Å². The highest BCUT2D eigenvalue weighted by molar-refractivity contribution is 6.13. The first-order valence-electron chi connectivity index (χ1n) is 21.3. The Labute approximate surface area is 362 Å². The molecule has 0 N–H and O–H groups in total. The van der Waals surface area contributed by atoms with Crippen LogP contribution in [0, 0.1) is 13.8 Å². The smallest absolute Gasteiger partial charge is 0.0541 e. The van der Waals surface area contributed by atoms with E-state index in [0.717, 1.165) is 28.1 Å². The molecule has 0 aliphatic heterocycles. The topological polar surface area (TPSA) is 9.86 Å². The van der Waals surface area contributed by atoms with Crippen molar-refractivity contribution in [3.63, 3.8) is 0 Å². The highest BCUT2D eigenvalue weighted by Crippen LogP contribution is 2.41. The van der Waals surface area contributed by atoms with Crippen LogP contribution in [-0.4, -0.2) is 9.13 Å². The lowest BCUT2D eigenvalue weighted by atomic mass is 9.91. The number of hydrogen-bond acceptors (Lipinski definition) is 0. The lowest BCUT2D eigenvalue weighted by Gasteiger charge is -2.16. The number of aromatic nitrogens is 2. The number of allylic oxidation sites excluding steroid dienone is 4. The van der Waals surface area contributed by atoms with Gasteiger partial charge in [0.25, 0.3) is 0 Å². The van der Waals surface area contributed by atoms with Gasteiger partial charge in [-0.1, -0.05) is 159 Å². The van der Waals surface area contributed by atoms with Crippen molar-refractivity contribution in [2.75, 3.05) is 0 Å². The van der Waals surface area contributed by atoms with E-state index in [0.29, 0.717) is 0 Å². The van der Waals surface area contributed by atoms with Crippen molar-refractivity contribution >= 4 is 60.0 Å². The first kappa shape index (κ1) is 37.1. The van der Waals surface area contributed by atoms with E-state index >= 15 is 0 Å². The standard InChI is InChI=1S/C60H44N2/c1-5-17-41(6-2)48-31-33-59(50-21-10-9-20-49(48)50)62-58-27-16-13-24-53(58)55-38-43(30-32-60(55)62)45-34-44(42-29-28-40(4)54(37-42)47-19-8-7-18-39(47)3)35-46(36-45)61-56-25-14-11-22-51(56)52-23-12-15-26-57(52)61/h5-38H,1-2H2,3-4H3/b41-17+. The Hall–Kier alpha value is -7.94. The number of para-hydroxylation sites is 3. The minimum absolute atomic E-state index is 1.05. The molecule has 0 aliphatic rings. The van der Waals surface area contributed by atoms with Gasteiger partial charge in [-0.05, 0) is 136 Å². The summed E-state index contributed by atoms with van der Waals surface area (Å²) in [5.74, 6) is 0. The summed E-state index contributed by atoms with van der Waals surface area (Å²) in [5, 5.41) is 7.29. The zero-order chi connectivity index (χ0) is 41.9. The maximum absolute atomic E-state index is 4.12. The molecule has 0 saturated carbocycles. The van der Waals surface area contributed by atoms with Gasteiger partial charge >= 0.3 is 0 Å². The van der Waals surface area contributed by atoms with E-state index in [4.69, 9.17) is 0 Å². The van der Waals surface area contributed by atoms with Crippen molar-refractivity contribution in [1.82, 2.24) is 9.13 Å². The van der Waals surface area contributed by atoms with Gasteiger partial charge < -0.3 is 9.13 Å². The summed E-state index contributed by atoms with van der Waals surface area (Å²) >= 11 is 0. The fourth-order valence-corrected chi connectivity index (χ4v) is 9.78. The van der Waals surface area contributed by atoms with Gasteiger partial charge in [0.15, 0.2) is 0 Å². The maximum Gasteiger partial charge on any atom is 0.0541 e. The van der Waals surface area contributed by atoms with Crippen LogP contribution in [0.15, 0.2) is 219 Å². The molecule has 62 heavy (non-hydrogen) atoms. The number of benzene rings is 9. The van der Waals surface area contributed by atoms with Gasteiger partial charge in [0.1, 0.15) is 0 Å². The van der Waals surface area contributed by atoms with E-state index in [9.17, 15) is 0 Å². The van der Waals surface area contributed by atoms with Crippen LogP contribution in [0.5, 0.6) is 0 Å². The molecule has 2 heterocycles. The Morgan fingerprint density at radius 1 is 0.403 bits per heavy atom. The molecular weight excluding hydrogens is 749 g/mol. The molecule has 2 nitrogen and oxygen atoms in total. The molecule has 0 bridgehead atoms. The summed E-state index contributed by atoms with van der Waals surface area (Å²) in [6.07, 6.45) is 5.77. The van der Waals surface area contributed by atoms with Gasteiger partial charge in [0.2, 0.25) is 0 Å². The van der Waals surface area contributed by atoms with Crippen LogP contribution in [0.25, 0.3) is 105 Å². The Bertz CT molecular complexity index is 3590. The molecular formula is C60H44N2. The molecule has 294 valence electrons. The summed E-state index contributed by atoms with van der Waals surface area (Å²) in [6, 6.07) is 69.3. The molecule has 11 rings (SSSR count). The molecule has 0 atom stereocenters.